The van der Waals surface area contributed by atoms with Gasteiger partial charge in [0.15, 0.2) is 0 Å². The minimum absolute atomic E-state index is 0.205. The number of aliphatic hydroxyl groups is 4. The Balaban J connectivity index is 2.25. The molecule has 86 valence electrons. The van der Waals surface area contributed by atoms with E-state index in [-0.39, 0.29) is 6.54 Å². The zero-order chi connectivity index (χ0) is 11.2. The molecule has 5 heteroatoms. The van der Waals surface area contributed by atoms with Gasteiger partial charge in [-0.15, -0.1) is 6.58 Å². The topological polar surface area (TPSA) is 84.2 Å². The van der Waals surface area contributed by atoms with Crippen LogP contribution in [-0.4, -0.2) is 68.4 Å². The summed E-state index contributed by atoms with van der Waals surface area (Å²) < 4.78 is 0. The van der Waals surface area contributed by atoms with Gasteiger partial charge in [0.05, 0.1) is 12.1 Å². The molecule has 2 fully saturated rings. The van der Waals surface area contributed by atoms with Gasteiger partial charge in [-0.1, -0.05) is 6.08 Å². The fourth-order valence-electron chi connectivity index (χ4n) is 2.58. The first-order valence-electron chi connectivity index (χ1n) is 5.14. The predicted octanol–water partition coefficient (Wildman–Crippen LogP) is -1.93. The molecule has 5 nitrogen and oxygen atoms in total. The van der Waals surface area contributed by atoms with E-state index in [1.807, 2.05) is 0 Å². The summed E-state index contributed by atoms with van der Waals surface area (Å²) in [6.07, 6.45) is -1.25. The molecule has 0 aromatic carbocycles. The molecule has 0 aromatic heterocycles. The molecule has 4 N–H and O–H groups in total. The van der Waals surface area contributed by atoms with E-state index in [1.165, 1.54) is 6.08 Å². The van der Waals surface area contributed by atoms with Crippen molar-refractivity contribution in [3.8, 4) is 0 Å². The van der Waals surface area contributed by atoms with E-state index in [2.05, 4.69) is 6.58 Å². The quantitative estimate of drug-likeness (QED) is 0.383. The highest BCUT2D eigenvalue weighted by Crippen LogP contribution is 2.33. The van der Waals surface area contributed by atoms with Crippen LogP contribution in [0.2, 0.25) is 0 Å². The number of aliphatic hydroxyl groups excluding tert-OH is 3. The number of hydrogen-bond donors (Lipinski definition) is 4. The van der Waals surface area contributed by atoms with E-state index in [0.717, 1.165) is 0 Å². The van der Waals surface area contributed by atoms with Crippen LogP contribution in [0, 0.1) is 0 Å². The molecule has 0 spiro atoms. The van der Waals surface area contributed by atoms with Crippen molar-refractivity contribution in [1.82, 2.24) is 4.90 Å². The minimum atomic E-state index is -1.49. The number of piperidine rings is 1. The van der Waals surface area contributed by atoms with Crippen molar-refractivity contribution < 1.29 is 20.4 Å². The zero-order valence-corrected chi connectivity index (χ0v) is 8.45. The third-order valence-corrected chi connectivity index (χ3v) is 3.52. The molecule has 0 unspecified atom stereocenters. The van der Waals surface area contributed by atoms with Gasteiger partial charge in [0, 0.05) is 13.1 Å². The predicted molar refractivity (Wildman–Crippen MR) is 53.1 cm³/mol. The summed E-state index contributed by atoms with van der Waals surface area (Å²) in [5, 5.41) is 39.2. The highest BCUT2D eigenvalue weighted by molar-refractivity contribution is 5.14. The van der Waals surface area contributed by atoms with Crippen LogP contribution in [0.1, 0.15) is 6.42 Å². The minimum Gasteiger partial charge on any atom is -0.391 e. The average Bonchev–Trinajstić information content (AvgIpc) is 2.56. The number of rotatable bonds is 1. The maximum atomic E-state index is 10.0. The Morgan fingerprint density at radius 2 is 2.00 bits per heavy atom. The molecular formula is C10H17NO4. The summed E-state index contributed by atoms with van der Waals surface area (Å²) in [6.45, 7) is 4.29. The van der Waals surface area contributed by atoms with E-state index in [4.69, 9.17) is 0 Å². The van der Waals surface area contributed by atoms with E-state index in [0.29, 0.717) is 13.0 Å². The van der Waals surface area contributed by atoms with E-state index in [1.54, 1.807) is 4.90 Å². The number of nitrogens with zero attached hydrogens (tertiary/aromatic N) is 1. The molecule has 2 heterocycles. The maximum absolute atomic E-state index is 10.0. The van der Waals surface area contributed by atoms with Gasteiger partial charge < -0.3 is 20.4 Å². The van der Waals surface area contributed by atoms with Gasteiger partial charge in [0.25, 0.3) is 0 Å². The molecule has 0 amide bonds. The van der Waals surface area contributed by atoms with Gasteiger partial charge in [0.2, 0.25) is 0 Å². The molecule has 2 saturated heterocycles. The molecule has 0 radical (unpaired) electrons. The first-order chi connectivity index (χ1) is 6.99. The Morgan fingerprint density at radius 1 is 1.33 bits per heavy atom. The second-order valence-corrected chi connectivity index (χ2v) is 4.45. The third kappa shape index (κ3) is 1.51. The standard InChI is InChI=1S/C10H17NO4/c1-2-10(15)5-11-4-3-6(12)7(11)8(13)9(10)14/h2,6-9,12-15H,1,3-5H2/t6-,7+,8+,9-,10+/m0/s1. The van der Waals surface area contributed by atoms with Gasteiger partial charge in [-0.05, 0) is 6.42 Å². The Hall–Kier alpha value is -0.460. The summed E-state index contributed by atoms with van der Waals surface area (Å²) >= 11 is 0. The van der Waals surface area contributed by atoms with Crippen LogP contribution >= 0.6 is 0 Å². The second kappa shape index (κ2) is 3.54. The van der Waals surface area contributed by atoms with E-state index < -0.39 is 30.0 Å². The molecule has 5 atom stereocenters. The molecule has 0 aromatic rings. The first-order valence-corrected chi connectivity index (χ1v) is 5.14. The van der Waals surface area contributed by atoms with Crippen LogP contribution < -0.4 is 0 Å². The third-order valence-electron chi connectivity index (χ3n) is 3.52. The molecule has 2 rings (SSSR count). The monoisotopic (exact) mass is 215 g/mol. The largest absolute Gasteiger partial charge is 0.391 e. The highest BCUT2D eigenvalue weighted by atomic mass is 16.4. The fraction of sp³-hybridized carbons (Fsp3) is 0.800. The first kappa shape index (κ1) is 11.0. The lowest BCUT2D eigenvalue weighted by Gasteiger charge is -2.46. The lowest BCUT2D eigenvalue weighted by molar-refractivity contribution is -0.172. The summed E-state index contributed by atoms with van der Waals surface area (Å²) in [6, 6.07) is -0.472. The molecule has 15 heavy (non-hydrogen) atoms. The van der Waals surface area contributed by atoms with Crippen molar-refractivity contribution in [2.75, 3.05) is 13.1 Å². The zero-order valence-electron chi connectivity index (χ0n) is 8.45. The van der Waals surface area contributed by atoms with Crippen molar-refractivity contribution in [3.05, 3.63) is 12.7 Å². The lowest BCUT2D eigenvalue weighted by atomic mass is 9.83. The van der Waals surface area contributed by atoms with E-state index in [9.17, 15) is 20.4 Å². The number of fused-ring (bicyclic) bond motifs is 1. The van der Waals surface area contributed by atoms with Crippen LogP contribution in [-0.2, 0) is 0 Å². The van der Waals surface area contributed by atoms with Crippen molar-refractivity contribution in [3.63, 3.8) is 0 Å². The normalized spacial score (nSPS) is 51.5. The molecule has 0 saturated carbocycles. The van der Waals surface area contributed by atoms with Gasteiger partial charge in [-0.25, -0.2) is 0 Å². The smallest absolute Gasteiger partial charge is 0.123 e. The van der Waals surface area contributed by atoms with Crippen LogP contribution in [0.5, 0.6) is 0 Å². The van der Waals surface area contributed by atoms with Crippen molar-refractivity contribution in [2.24, 2.45) is 0 Å². The van der Waals surface area contributed by atoms with Gasteiger partial charge in [-0.2, -0.15) is 0 Å². The molecule has 2 aliphatic rings. The SMILES string of the molecule is C=C[C@@]1(O)CN2CC[C@H](O)[C@@H]2[C@@H](O)[C@@H]1O. The Bertz CT molecular complexity index is 272. The summed E-state index contributed by atoms with van der Waals surface area (Å²) in [4.78, 5) is 1.80. The average molecular weight is 215 g/mol. The molecule has 2 aliphatic heterocycles. The Kier molecular flexibility index (Phi) is 2.60. The van der Waals surface area contributed by atoms with E-state index >= 15 is 0 Å². The van der Waals surface area contributed by atoms with Crippen molar-refractivity contribution in [1.29, 1.82) is 0 Å². The van der Waals surface area contributed by atoms with Crippen LogP contribution in [0.25, 0.3) is 0 Å². The Labute approximate surface area is 88.3 Å². The van der Waals surface area contributed by atoms with Gasteiger partial charge >= 0.3 is 0 Å². The second-order valence-electron chi connectivity index (χ2n) is 4.45. The summed E-state index contributed by atoms with van der Waals surface area (Å²) in [5.41, 5.74) is -1.49. The van der Waals surface area contributed by atoms with Crippen LogP contribution in [0.15, 0.2) is 12.7 Å². The summed E-state index contributed by atoms with van der Waals surface area (Å²) in [5.74, 6) is 0. The summed E-state index contributed by atoms with van der Waals surface area (Å²) in [7, 11) is 0. The van der Waals surface area contributed by atoms with Gasteiger partial charge in [0.1, 0.15) is 17.8 Å². The maximum Gasteiger partial charge on any atom is 0.123 e. The van der Waals surface area contributed by atoms with Crippen LogP contribution in [0.3, 0.4) is 0 Å². The van der Waals surface area contributed by atoms with Gasteiger partial charge in [-0.3, -0.25) is 4.90 Å². The molecule has 0 aliphatic carbocycles. The Morgan fingerprint density at radius 3 is 2.60 bits per heavy atom. The molecular weight excluding hydrogens is 198 g/mol. The fourth-order valence-corrected chi connectivity index (χ4v) is 2.58. The van der Waals surface area contributed by atoms with Crippen LogP contribution in [0.4, 0.5) is 0 Å². The lowest BCUT2D eigenvalue weighted by Crippen LogP contribution is -2.66. The van der Waals surface area contributed by atoms with Crippen molar-refractivity contribution in [2.45, 2.75) is 36.4 Å². The molecule has 0 bridgehead atoms. The highest BCUT2D eigenvalue weighted by Gasteiger charge is 2.53. The van der Waals surface area contributed by atoms with Crippen molar-refractivity contribution >= 4 is 0 Å². The number of hydrogen-bond acceptors (Lipinski definition) is 5.